The summed E-state index contributed by atoms with van der Waals surface area (Å²) in [5, 5.41) is 6.44. The summed E-state index contributed by atoms with van der Waals surface area (Å²) >= 11 is 0. The molecule has 0 unspecified atom stereocenters. The van der Waals surface area contributed by atoms with Crippen LogP contribution in [0.25, 0.3) is 11.1 Å². The van der Waals surface area contributed by atoms with Crippen molar-refractivity contribution < 1.29 is 0 Å². The number of rotatable bonds is 5. The average Bonchev–Trinajstić information content (AvgIpc) is 2.91. The Bertz CT molecular complexity index is 473. The van der Waals surface area contributed by atoms with E-state index in [-0.39, 0.29) is 5.54 Å². The Labute approximate surface area is 107 Å². The van der Waals surface area contributed by atoms with Gasteiger partial charge in [-0.2, -0.15) is 0 Å². The largest absolute Gasteiger partial charge is 0.367 e. The summed E-state index contributed by atoms with van der Waals surface area (Å²) in [5.41, 5.74) is 2.12. The molecule has 0 saturated heterocycles. The molecule has 2 rings (SSSR count). The highest BCUT2D eigenvalue weighted by Crippen LogP contribution is 2.16. The fraction of sp³-hybridized carbons (Fsp3) is 0.385. The van der Waals surface area contributed by atoms with Crippen molar-refractivity contribution in [2.75, 3.05) is 18.9 Å². The number of likely N-dealkylation sites (N-methyl/N-ethyl adjacent to an activating group) is 1. The monoisotopic (exact) mass is 245 g/mol. The van der Waals surface area contributed by atoms with E-state index in [1.165, 1.54) is 0 Å². The lowest BCUT2D eigenvalue weighted by Gasteiger charge is -2.24. The molecule has 0 spiro atoms. The highest BCUT2D eigenvalue weighted by atomic mass is 15.1. The Kier molecular flexibility index (Phi) is 3.62. The molecular weight excluding hydrogens is 226 g/mol. The summed E-state index contributed by atoms with van der Waals surface area (Å²) in [4.78, 5) is 11.6. The van der Waals surface area contributed by atoms with Crippen molar-refractivity contribution in [3.8, 4) is 11.1 Å². The molecule has 0 fully saturated rings. The molecule has 0 aliphatic rings. The summed E-state index contributed by atoms with van der Waals surface area (Å²) in [6.45, 7) is 5.01. The predicted molar refractivity (Wildman–Crippen MR) is 73.4 cm³/mol. The number of anilines is 1. The van der Waals surface area contributed by atoms with Crippen LogP contribution in [-0.4, -0.2) is 34.1 Å². The van der Waals surface area contributed by atoms with Gasteiger partial charge in [0.15, 0.2) is 0 Å². The molecule has 0 aliphatic carbocycles. The second-order valence-corrected chi connectivity index (χ2v) is 4.88. The van der Waals surface area contributed by atoms with Gasteiger partial charge in [0.05, 0.1) is 0 Å². The van der Waals surface area contributed by atoms with Crippen LogP contribution < -0.4 is 10.6 Å². The minimum absolute atomic E-state index is 0.0165. The zero-order valence-corrected chi connectivity index (χ0v) is 11.0. The number of aromatic nitrogens is 3. The summed E-state index contributed by atoms with van der Waals surface area (Å²) < 4.78 is 0. The summed E-state index contributed by atoms with van der Waals surface area (Å²) in [5.74, 6) is 0.651. The number of H-pyrrole nitrogens is 1. The smallest absolute Gasteiger partial charge is 0.222 e. The molecule has 5 heteroatoms. The molecule has 0 radical (unpaired) electrons. The fourth-order valence-electron chi connectivity index (χ4n) is 1.46. The fourth-order valence-corrected chi connectivity index (χ4v) is 1.46. The molecule has 0 aliphatic heterocycles. The molecule has 2 aromatic heterocycles. The lowest BCUT2D eigenvalue weighted by Crippen LogP contribution is -2.43. The normalized spacial score (nSPS) is 11.5. The lowest BCUT2D eigenvalue weighted by atomic mass is 10.1. The maximum Gasteiger partial charge on any atom is 0.222 e. The van der Waals surface area contributed by atoms with Crippen molar-refractivity contribution in [1.29, 1.82) is 0 Å². The zero-order chi connectivity index (χ0) is 13.0. The van der Waals surface area contributed by atoms with Gasteiger partial charge in [-0.15, -0.1) is 0 Å². The van der Waals surface area contributed by atoms with E-state index in [1.807, 2.05) is 37.9 Å². The first-order valence-electron chi connectivity index (χ1n) is 5.99. The van der Waals surface area contributed by atoms with E-state index in [1.54, 1.807) is 0 Å². The predicted octanol–water partition coefficient (Wildman–Crippen LogP) is 1.88. The summed E-state index contributed by atoms with van der Waals surface area (Å²) in [6.07, 6.45) is 7.46. The van der Waals surface area contributed by atoms with Crippen molar-refractivity contribution in [3.63, 3.8) is 0 Å². The molecule has 2 heterocycles. The van der Waals surface area contributed by atoms with Gasteiger partial charge in [-0.3, -0.25) is 0 Å². The Balaban J connectivity index is 2.00. The first-order valence-corrected chi connectivity index (χ1v) is 5.99. The highest BCUT2D eigenvalue weighted by Gasteiger charge is 2.14. The van der Waals surface area contributed by atoms with Crippen LogP contribution in [0.15, 0.2) is 30.9 Å². The zero-order valence-electron chi connectivity index (χ0n) is 11.0. The Morgan fingerprint density at radius 2 is 1.94 bits per heavy atom. The summed E-state index contributed by atoms with van der Waals surface area (Å²) in [6, 6.07) is 2.00. The van der Waals surface area contributed by atoms with Crippen LogP contribution in [0.1, 0.15) is 13.8 Å². The van der Waals surface area contributed by atoms with Crippen LogP contribution in [-0.2, 0) is 0 Å². The van der Waals surface area contributed by atoms with E-state index < -0.39 is 0 Å². The standard InChI is InChI=1S/C13H19N5/c1-13(2,14-3)9-18-12-16-7-11(8-17-12)10-4-5-15-6-10/h4-8,14-15H,9H2,1-3H3,(H,16,17,18). The third kappa shape index (κ3) is 3.07. The van der Waals surface area contributed by atoms with Crippen LogP contribution in [0.3, 0.4) is 0 Å². The topological polar surface area (TPSA) is 65.6 Å². The first kappa shape index (κ1) is 12.6. The van der Waals surface area contributed by atoms with Gasteiger partial charge in [0, 0.05) is 48.0 Å². The number of hydrogen-bond acceptors (Lipinski definition) is 4. The van der Waals surface area contributed by atoms with E-state index in [9.17, 15) is 0 Å². The molecule has 0 amide bonds. The third-order valence-corrected chi connectivity index (χ3v) is 2.95. The molecule has 0 bridgehead atoms. The van der Waals surface area contributed by atoms with Gasteiger partial charge in [0.25, 0.3) is 0 Å². The van der Waals surface area contributed by atoms with Crippen molar-refractivity contribution in [1.82, 2.24) is 20.3 Å². The Morgan fingerprint density at radius 1 is 1.22 bits per heavy atom. The van der Waals surface area contributed by atoms with E-state index in [4.69, 9.17) is 0 Å². The van der Waals surface area contributed by atoms with Gasteiger partial charge in [0.1, 0.15) is 0 Å². The van der Waals surface area contributed by atoms with Crippen LogP contribution in [0.5, 0.6) is 0 Å². The van der Waals surface area contributed by atoms with E-state index in [0.717, 1.165) is 17.7 Å². The average molecular weight is 245 g/mol. The van der Waals surface area contributed by atoms with Crippen molar-refractivity contribution >= 4 is 5.95 Å². The summed E-state index contributed by atoms with van der Waals surface area (Å²) in [7, 11) is 1.94. The Morgan fingerprint density at radius 3 is 2.50 bits per heavy atom. The van der Waals surface area contributed by atoms with Gasteiger partial charge >= 0.3 is 0 Å². The molecule has 0 aromatic carbocycles. The van der Waals surface area contributed by atoms with Crippen LogP contribution in [0, 0.1) is 0 Å². The van der Waals surface area contributed by atoms with Crippen LogP contribution in [0.4, 0.5) is 5.95 Å². The number of nitrogens with one attached hydrogen (secondary N) is 3. The molecule has 2 aromatic rings. The molecule has 18 heavy (non-hydrogen) atoms. The Hall–Kier alpha value is -1.88. The maximum atomic E-state index is 4.31. The van der Waals surface area contributed by atoms with E-state index in [2.05, 4.69) is 39.4 Å². The minimum Gasteiger partial charge on any atom is -0.367 e. The SMILES string of the molecule is CNC(C)(C)CNc1ncc(-c2cc[nH]c2)cn1. The number of hydrogen-bond donors (Lipinski definition) is 3. The van der Waals surface area contributed by atoms with Crippen LogP contribution in [0.2, 0.25) is 0 Å². The molecule has 5 nitrogen and oxygen atoms in total. The van der Waals surface area contributed by atoms with E-state index in [0.29, 0.717) is 5.95 Å². The number of aromatic amines is 1. The second-order valence-electron chi connectivity index (χ2n) is 4.88. The lowest BCUT2D eigenvalue weighted by molar-refractivity contribution is 0.447. The molecular formula is C13H19N5. The van der Waals surface area contributed by atoms with Gasteiger partial charge in [-0.05, 0) is 27.0 Å². The molecule has 0 saturated carbocycles. The third-order valence-electron chi connectivity index (χ3n) is 2.95. The van der Waals surface area contributed by atoms with Crippen molar-refractivity contribution in [2.24, 2.45) is 0 Å². The molecule has 96 valence electrons. The highest BCUT2D eigenvalue weighted by molar-refractivity contribution is 5.60. The van der Waals surface area contributed by atoms with Crippen molar-refractivity contribution in [3.05, 3.63) is 30.9 Å². The molecule has 0 atom stereocenters. The molecule has 3 N–H and O–H groups in total. The van der Waals surface area contributed by atoms with Crippen LogP contribution >= 0.6 is 0 Å². The van der Waals surface area contributed by atoms with Gasteiger partial charge < -0.3 is 15.6 Å². The van der Waals surface area contributed by atoms with Gasteiger partial charge in [0.2, 0.25) is 5.95 Å². The van der Waals surface area contributed by atoms with Gasteiger partial charge in [-0.1, -0.05) is 0 Å². The van der Waals surface area contributed by atoms with Gasteiger partial charge in [-0.25, -0.2) is 9.97 Å². The maximum absolute atomic E-state index is 4.31. The quantitative estimate of drug-likeness (QED) is 0.752. The second kappa shape index (κ2) is 5.18. The van der Waals surface area contributed by atoms with E-state index >= 15 is 0 Å². The first-order chi connectivity index (χ1) is 8.61. The minimum atomic E-state index is 0.0165. The number of nitrogens with zero attached hydrogens (tertiary/aromatic N) is 2. The van der Waals surface area contributed by atoms with Crippen molar-refractivity contribution in [2.45, 2.75) is 19.4 Å².